The van der Waals surface area contributed by atoms with Gasteiger partial charge in [-0.15, -0.1) is 11.8 Å². The molecule has 0 bridgehead atoms. The first-order valence-electron chi connectivity index (χ1n) is 6.71. The zero-order valence-corrected chi connectivity index (χ0v) is 11.8. The van der Waals surface area contributed by atoms with Gasteiger partial charge in [0.25, 0.3) is 0 Å². The van der Waals surface area contributed by atoms with E-state index in [9.17, 15) is 0 Å². The van der Waals surface area contributed by atoms with Crippen LogP contribution in [0.25, 0.3) is 0 Å². The fourth-order valence-corrected chi connectivity index (χ4v) is 4.13. The van der Waals surface area contributed by atoms with Gasteiger partial charge in [0, 0.05) is 23.9 Å². The van der Waals surface area contributed by atoms with Crippen LogP contribution >= 0.6 is 11.8 Å². The van der Waals surface area contributed by atoms with Crippen LogP contribution in [0.5, 0.6) is 0 Å². The lowest BCUT2D eigenvalue weighted by Gasteiger charge is -2.17. The van der Waals surface area contributed by atoms with Crippen LogP contribution in [-0.2, 0) is 0 Å². The van der Waals surface area contributed by atoms with E-state index in [4.69, 9.17) is 5.41 Å². The van der Waals surface area contributed by atoms with Gasteiger partial charge in [0.2, 0.25) is 0 Å². The van der Waals surface area contributed by atoms with Gasteiger partial charge in [-0.1, -0.05) is 42.5 Å². The highest BCUT2D eigenvalue weighted by molar-refractivity contribution is 8.05. The maximum Gasteiger partial charge on any atom is 0.0762 e. The van der Waals surface area contributed by atoms with Crippen LogP contribution in [-0.4, -0.2) is 18.0 Å². The van der Waals surface area contributed by atoms with E-state index in [1.165, 1.54) is 5.70 Å². The van der Waals surface area contributed by atoms with Gasteiger partial charge in [-0.2, -0.15) is 0 Å². The molecule has 2 atom stereocenters. The van der Waals surface area contributed by atoms with Crippen molar-refractivity contribution in [1.82, 2.24) is 5.32 Å². The molecule has 2 unspecified atom stereocenters. The van der Waals surface area contributed by atoms with Gasteiger partial charge in [0.05, 0.1) is 10.6 Å². The Kier molecular flexibility index (Phi) is 3.47. The lowest BCUT2D eigenvalue weighted by Crippen LogP contribution is -2.20. The first-order valence-corrected chi connectivity index (χ1v) is 7.59. The molecule has 98 valence electrons. The molecule has 0 aromatic heterocycles. The zero-order valence-electron chi connectivity index (χ0n) is 11.0. The molecule has 1 heterocycles. The highest BCUT2D eigenvalue weighted by Crippen LogP contribution is 2.45. The second-order valence-corrected chi connectivity index (χ2v) is 6.07. The summed E-state index contributed by atoms with van der Waals surface area (Å²) in [6.07, 6.45) is 17.2. The summed E-state index contributed by atoms with van der Waals surface area (Å²) in [5.41, 5.74) is 2.93. The Morgan fingerprint density at radius 3 is 2.89 bits per heavy atom. The molecule has 1 aliphatic heterocycles. The molecule has 2 N–H and O–H groups in total. The van der Waals surface area contributed by atoms with Gasteiger partial charge in [0.15, 0.2) is 0 Å². The zero-order chi connectivity index (χ0) is 13.2. The largest absolute Gasteiger partial charge is 0.390 e. The summed E-state index contributed by atoms with van der Waals surface area (Å²) >= 11 is 1.81. The minimum atomic E-state index is 0.392. The summed E-state index contributed by atoms with van der Waals surface area (Å²) in [5.74, 6) is 0.392. The number of hydrogen-bond acceptors (Lipinski definition) is 3. The molecule has 3 aliphatic rings. The molecule has 0 radical (unpaired) electrons. The minimum Gasteiger partial charge on any atom is -0.390 e. The Bertz CT molecular complexity index is 549. The van der Waals surface area contributed by atoms with Gasteiger partial charge in [-0.25, -0.2) is 0 Å². The van der Waals surface area contributed by atoms with E-state index in [-0.39, 0.29) is 0 Å². The van der Waals surface area contributed by atoms with E-state index in [1.807, 2.05) is 18.8 Å². The molecular weight excluding hydrogens is 252 g/mol. The Labute approximate surface area is 118 Å². The Morgan fingerprint density at radius 1 is 1.32 bits per heavy atom. The van der Waals surface area contributed by atoms with Crippen molar-refractivity contribution in [3.05, 3.63) is 58.7 Å². The molecule has 3 rings (SSSR count). The summed E-state index contributed by atoms with van der Waals surface area (Å²) in [6.45, 7) is 0. The van der Waals surface area contributed by atoms with E-state index in [1.54, 1.807) is 0 Å². The van der Waals surface area contributed by atoms with Crippen LogP contribution in [0.15, 0.2) is 58.7 Å². The van der Waals surface area contributed by atoms with Crippen LogP contribution in [0.4, 0.5) is 0 Å². The molecule has 2 aliphatic carbocycles. The molecule has 19 heavy (non-hydrogen) atoms. The lowest BCUT2D eigenvalue weighted by atomic mass is 9.94. The van der Waals surface area contributed by atoms with Crippen LogP contribution < -0.4 is 5.32 Å². The van der Waals surface area contributed by atoms with Gasteiger partial charge in [-0.05, 0) is 18.4 Å². The van der Waals surface area contributed by atoms with Crippen molar-refractivity contribution in [3.63, 3.8) is 0 Å². The summed E-state index contributed by atoms with van der Waals surface area (Å²) in [5, 5.41) is 12.2. The summed E-state index contributed by atoms with van der Waals surface area (Å²) < 4.78 is 0. The van der Waals surface area contributed by atoms with Gasteiger partial charge in [-0.3, -0.25) is 5.41 Å². The quantitative estimate of drug-likeness (QED) is 0.769. The smallest absolute Gasteiger partial charge is 0.0762 e. The van der Waals surface area contributed by atoms with Gasteiger partial charge in [0.1, 0.15) is 0 Å². The van der Waals surface area contributed by atoms with Crippen LogP contribution in [0.3, 0.4) is 0 Å². The Morgan fingerprint density at radius 2 is 2.16 bits per heavy atom. The molecule has 0 aromatic carbocycles. The topological polar surface area (TPSA) is 35.9 Å². The fraction of sp³-hybridized carbons (Fsp3) is 0.312. The van der Waals surface area contributed by atoms with E-state index in [2.05, 4.69) is 47.8 Å². The summed E-state index contributed by atoms with van der Waals surface area (Å²) in [4.78, 5) is 1.10. The first kappa shape index (κ1) is 12.5. The van der Waals surface area contributed by atoms with E-state index >= 15 is 0 Å². The van der Waals surface area contributed by atoms with Gasteiger partial charge >= 0.3 is 0 Å². The van der Waals surface area contributed by atoms with Crippen molar-refractivity contribution < 1.29 is 0 Å². The van der Waals surface area contributed by atoms with Crippen molar-refractivity contribution in [3.8, 4) is 0 Å². The van der Waals surface area contributed by atoms with Crippen LogP contribution in [0, 0.1) is 11.3 Å². The highest BCUT2D eigenvalue weighted by atomic mass is 32.2. The number of rotatable bonds is 3. The number of hydrogen-bond donors (Lipinski definition) is 2. The molecule has 0 spiro atoms. The molecule has 0 amide bonds. The minimum absolute atomic E-state index is 0.392. The number of nitrogens with one attached hydrogen (secondary N) is 2. The number of allylic oxidation sites excluding steroid dienone is 8. The van der Waals surface area contributed by atoms with E-state index in [0.717, 1.165) is 23.3 Å². The molecule has 0 saturated carbocycles. The summed E-state index contributed by atoms with van der Waals surface area (Å²) in [6, 6.07) is 0. The molecule has 2 nitrogen and oxygen atoms in total. The Hall–Kier alpha value is -1.48. The Balaban J connectivity index is 1.92. The molecule has 0 aromatic rings. The van der Waals surface area contributed by atoms with Crippen molar-refractivity contribution in [2.75, 3.05) is 7.05 Å². The predicted octanol–water partition coefficient (Wildman–Crippen LogP) is 3.57. The monoisotopic (exact) mass is 270 g/mol. The second kappa shape index (κ2) is 5.25. The first-order chi connectivity index (χ1) is 9.31. The lowest BCUT2D eigenvalue weighted by molar-refractivity contribution is 0.728. The average molecular weight is 270 g/mol. The molecule has 3 heteroatoms. The SMILES string of the molecule is CNC1=C(C(=N)C2=CCCC=C2)SC2C=CC=CC12. The number of fused-ring (bicyclic) bond motifs is 1. The second-order valence-electron chi connectivity index (χ2n) is 4.89. The van der Waals surface area contributed by atoms with Crippen LogP contribution in [0.1, 0.15) is 12.8 Å². The highest BCUT2D eigenvalue weighted by Gasteiger charge is 2.35. The third-order valence-electron chi connectivity index (χ3n) is 3.70. The fourth-order valence-electron chi connectivity index (χ4n) is 2.71. The van der Waals surface area contributed by atoms with Gasteiger partial charge < -0.3 is 5.32 Å². The van der Waals surface area contributed by atoms with Crippen molar-refractivity contribution in [1.29, 1.82) is 5.41 Å². The maximum atomic E-state index is 8.48. The average Bonchev–Trinajstić information content (AvgIpc) is 2.85. The van der Waals surface area contributed by atoms with E-state index < -0.39 is 0 Å². The third-order valence-corrected chi connectivity index (χ3v) is 5.08. The predicted molar refractivity (Wildman–Crippen MR) is 83.4 cm³/mol. The molecular formula is C16H18N2S. The van der Waals surface area contributed by atoms with Crippen LogP contribution in [0.2, 0.25) is 0 Å². The van der Waals surface area contributed by atoms with E-state index in [0.29, 0.717) is 16.9 Å². The standard InChI is InChI=1S/C16H18N2S/c1-18-15-12-9-5-6-10-13(12)19-16(15)14(17)11-7-3-2-4-8-11/h3,5-10,12-13,17-18H,2,4H2,1H3. The van der Waals surface area contributed by atoms with Crippen molar-refractivity contribution in [2.24, 2.45) is 5.92 Å². The summed E-state index contributed by atoms with van der Waals surface area (Å²) in [7, 11) is 1.96. The molecule has 0 saturated heterocycles. The maximum absolute atomic E-state index is 8.48. The normalized spacial score (nSPS) is 28.4. The van der Waals surface area contributed by atoms with Crippen molar-refractivity contribution in [2.45, 2.75) is 18.1 Å². The third kappa shape index (κ3) is 2.23. The number of thioether (sulfide) groups is 1. The van der Waals surface area contributed by atoms with Crippen molar-refractivity contribution >= 4 is 17.5 Å². The molecule has 0 fully saturated rings.